The number of carbonyl (C=O) groups excluding carboxylic acids is 4. The van der Waals surface area contributed by atoms with Crippen molar-refractivity contribution in [2.45, 2.75) is 348 Å². The van der Waals surface area contributed by atoms with Gasteiger partial charge < -0.3 is 33.8 Å². The Balaban J connectivity index is 5.21. The molecule has 17 nitrogen and oxygen atoms in total. The number of esters is 4. The van der Waals surface area contributed by atoms with Crippen LogP contribution in [-0.4, -0.2) is 96.7 Å². The Morgan fingerprint density at radius 1 is 0.333 bits per heavy atom. The molecule has 0 amide bonds. The molecule has 0 spiro atoms. The average Bonchev–Trinajstić information content (AvgIpc) is 3.59. The fourth-order valence-corrected chi connectivity index (χ4v) is 11.3. The zero-order valence-electron chi connectivity index (χ0n) is 54.0. The molecule has 0 heterocycles. The van der Waals surface area contributed by atoms with Crippen LogP contribution in [-0.2, 0) is 65.4 Å². The van der Waals surface area contributed by atoms with Gasteiger partial charge in [0.15, 0.2) is 12.2 Å². The van der Waals surface area contributed by atoms with Crippen molar-refractivity contribution in [3.63, 3.8) is 0 Å². The smallest absolute Gasteiger partial charge is 0.462 e. The Bertz CT molecular complexity index is 1640. The zero-order chi connectivity index (χ0) is 62.0. The lowest BCUT2D eigenvalue weighted by molar-refractivity contribution is -0.161. The number of carbonyl (C=O) groups is 4. The summed E-state index contributed by atoms with van der Waals surface area (Å²) in [7, 11) is -9.88. The van der Waals surface area contributed by atoms with Crippen LogP contribution in [0.15, 0.2) is 0 Å². The second-order valence-corrected chi connectivity index (χ2v) is 26.7. The first kappa shape index (κ1) is 82.1. The molecule has 0 bridgehead atoms. The van der Waals surface area contributed by atoms with E-state index in [1.807, 2.05) is 0 Å². The van der Waals surface area contributed by atoms with Gasteiger partial charge in [0.2, 0.25) is 0 Å². The molecule has 19 heteroatoms. The first-order valence-electron chi connectivity index (χ1n) is 34.2. The van der Waals surface area contributed by atoms with Crippen LogP contribution in [0.1, 0.15) is 330 Å². The number of aliphatic hydroxyl groups is 1. The molecule has 0 saturated carbocycles. The molecular formula is C65H126O17P2. The summed E-state index contributed by atoms with van der Waals surface area (Å²) < 4.78 is 68.0. The van der Waals surface area contributed by atoms with Gasteiger partial charge in [-0.2, -0.15) is 0 Å². The van der Waals surface area contributed by atoms with E-state index in [0.29, 0.717) is 25.7 Å². The normalized spacial score (nSPS) is 14.5. The van der Waals surface area contributed by atoms with Crippen LogP contribution in [0.4, 0.5) is 0 Å². The van der Waals surface area contributed by atoms with Crippen molar-refractivity contribution < 1.29 is 80.2 Å². The van der Waals surface area contributed by atoms with E-state index in [9.17, 15) is 43.2 Å². The quantitative estimate of drug-likeness (QED) is 0.0222. The molecule has 0 aromatic heterocycles. The number of hydrogen-bond acceptors (Lipinski definition) is 15. The summed E-state index contributed by atoms with van der Waals surface area (Å²) in [5.74, 6) is -1.41. The molecular weight excluding hydrogens is 1110 g/mol. The lowest BCUT2D eigenvalue weighted by Crippen LogP contribution is -2.30. The van der Waals surface area contributed by atoms with Crippen LogP contribution in [0.25, 0.3) is 0 Å². The SMILES string of the molecule is CCCCCCCCCCCCCCCCCC(=O)O[C@H](COC(=O)CCCCCCCCCCCCCC)COP(=O)(O)OC[C@@H](O)COP(=O)(O)OC[C@@H](COC(=O)CCCCCCCCC)OC(=O)CCCCCCCCC(C)CC. The predicted molar refractivity (Wildman–Crippen MR) is 335 cm³/mol. The summed E-state index contributed by atoms with van der Waals surface area (Å²) in [5.41, 5.74) is 0. The minimum Gasteiger partial charge on any atom is -0.462 e. The van der Waals surface area contributed by atoms with Gasteiger partial charge in [-0.25, -0.2) is 9.13 Å². The minimum atomic E-state index is -4.94. The maximum absolute atomic E-state index is 13.0. The highest BCUT2D eigenvalue weighted by atomic mass is 31.2. The highest BCUT2D eigenvalue weighted by Gasteiger charge is 2.30. The Hall–Kier alpha value is -1.94. The Morgan fingerprint density at radius 2 is 0.571 bits per heavy atom. The number of phosphoric acid groups is 2. The second kappa shape index (κ2) is 58.7. The van der Waals surface area contributed by atoms with Crippen LogP contribution >= 0.6 is 15.6 Å². The highest BCUT2D eigenvalue weighted by molar-refractivity contribution is 7.47. The number of ether oxygens (including phenoxy) is 4. The van der Waals surface area contributed by atoms with Gasteiger partial charge in [-0.3, -0.25) is 37.3 Å². The Morgan fingerprint density at radius 3 is 0.845 bits per heavy atom. The van der Waals surface area contributed by atoms with Crippen molar-refractivity contribution in [1.82, 2.24) is 0 Å². The number of phosphoric ester groups is 2. The highest BCUT2D eigenvalue weighted by Crippen LogP contribution is 2.45. The van der Waals surface area contributed by atoms with Crippen molar-refractivity contribution in [1.29, 1.82) is 0 Å². The molecule has 0 aromatic rings. The van der Waals surface area contributed by atoms with Gasteiger partial charge in [0, 0.05) is 25.7 Å². The summed E-state index contributed by atoms with van der Waals surface area (Å²) in [4.78, 5) is 72.2. The van der Waals surface area contributed by atoms with Gasteiger partial charge >= 0.3 is 39.5 Å². The Labute approximate surface area is 511 Å². The predicted octanol–water partition coefficient (Wildman–Crippen LogP) is 18.2. The van der Waals surface area contributed by atoms with Crippen LogP contribution in [0, 0.1) is 5.92 Å². The van der Waals surface area contributed by atoms with Gasteiger partial charge in [0.1, 0.15) is 19.3 Å². The summed E-state index contributed by atoms with van der Waals surface area (Å²) in [5, 5.41) is 10.5. The monoisotopic (exact) mass is 1240 g/mol. The maximum Gasteiger partial charge on any atom is 0.472 e. The lowest BCUT2D eigenvalue weighted by Gasteiger charge is -2.21. The molecule has 498 valence electrons. The largest absolute Gasteiger partial charge is 0.472 e. The fourth-order valence-electron chi connectivity index (χ4n) is 9.73. The van der Waals surface area contributed by atoms with E-state index < -0.39 is 97.5 Å². The molecule has 0 aliphatic carbocycles. The standard InChI is InChI=1S/C65H126O17P2/c1-6-10-13-16-19-21-23-25-26-27-29-31-34-40-45-50-64(69)81-60(55-76-63(68)49-44-39-33-30-28-24-22-20-17-14-11-7-2)56-79-83(71,72)77-52-59(66)53-78-84(73,74)80-57-61(54-75-62(67)48-43-38-32-18-15-12-8-3)82-65(70)51-46-41-36-35-37-42-47-58(5)9-4/h58-61,66H,6-57H2,1-5H3,(H,71,72)(H,73,74)/t58?,59-,60-,61-/m1/s1. The van der Waals surface area contributed by atoms with Crippen LogP contribution in [0.2, 0.25) is 0 Å². The van der Waals surface area contributed by atoms with E-state index in [0.717, 1.165) is 109 Å². The second-order valence-electron chi connectivity index (χ2n) is 23.7. The summed E-state index contributed by atoms with van der Waals surface area (Å²) >= 11 is 0. The van der Waals surface area contributed by atoms with Crippen molar-refractivity contribution in [2.75, 3.05) is 39.6 Å². The van der Waals surface area contributed by atoms with Gasteiger partial charge in [-0.1, -0.05) is 279 Å². The molecule has 0 radical (unpaired) electrons. The zero-order valence-corrected chi connectivity index (χ0v) is 55.8. The van der Waals surface area contributed by atoms with Crippen LogP contribution in [0.5, 0.6) is 0 Å². The van der Waals surface area contributed by atoms with E-state index in [4.69, 9.17) is 37.0 Å². The summed E-state index contributed by atoms with van der Waals surface area (Å²) in [6, 6.07) is 0. The van der Waals surface area contributed by atoms with Gasteiger partial charge in [0.05, 0.1) is 26.4 Å². The molecule has 0 rings (SSSR count). The topological polar surface area (TPSA) is 237 Å². The molecule has 0 saturated heterocycles. The van der Waals surface area contributed by atoms with Crippen LogP contribution < -0.4 is 0 Å². The van der Waals surface area contributed by atoms with E-state index in [2.05, 4.69) is 34.6 Å². The maximum atomic E-state index is 13.0. The molecule has 84 heavy (non-hydrogen) atoms. The van der Waals surface area contributed by atoms with E-state index in [-0.39, 0.29) is 25.7 Å². The molecule has 0 aromatic carbocycles. The number of aliphatic hydroxyl groups excluding tert-OH is 1. The summed E-state index contributed by atoms with van der Waals surface area (Å²) in [6.45, 7) is 7.12. The Kier molecular flexibility index (Phi) is 57.4. The van der Waals surface area contributed by atoms with E-state index >= 15 is 0 Å². The first-order valence-corrected chi connectivity index (χ1v) is 37.2. The van der Waals surface area contributed by atoms with Crippen molar-refractivity contribution in [3.05, 3.63) is 0 Å². The fraction of sp³-hybridized carbons (Fsp3) is 0.938. The van der Waals surface area contributed by atoms with Gasteiger partial charge in [-0.15, -0.1) is 0 Å². The third-order valence-corrected chi connectivity index (χ3v) is 17.3. The number of hydrogen-bond donors (Lipinski definition) is 3. The van der Waals surface area contributed by atoms with Crippen molar-refractivity contribution >= 4 is 39.5 Å². The average molecular weight is 1240 g/mol. The molecule has 0 fully saturated rings. The van der Waals surface area contributed by atoms with Crippen molar-refractivity contribution in [3.8, 4) is 0 Å². The minimum absolute atomic E-state index is 0.103. The molecule has 0 aliphatic heterocycles. The van der Waals surface area contributed by atoms with Gasteiger partial charge in [-0.05, 0) is 31.6 Å². The lowest BCUT2D eigenvalue weighted by atomic mass is 10.00. The van der Waals surface area contributed by atoms with Gasteiger partial charge in [0.25, 0.3) is 0 Å². The van der Waals surface area contributed by atoms with E-state index in [1.54, 1.807) is 0 Å². The third-order valence-electron chi connectivity index (χ3n) is 15.4. The van der Waals surface area contributed by atoms with Crippen molar-refractivity contribution in [2.24, 2.45) is 5.92 Å². The molecule has 3 N–H and O–H groups in total. The number of rotatable bonds is 65. The van der Waals surface area contributed by atoms with Crippen LogP contribution in [0.3, 0.4) is 0 Å². The number of unbranched alkanes of at least 4 members (excludes halogenated alkanes) is 36. The molecule has 6 atom stereocenters. The molecule has 0 aliphatic rings. The van der Waals surface area contributed by atoms with E-state index in [1.165, 1.54) is 141 Å². The molecule has 3 unspecified atom stereocenters. The first-order chi connectivity index (χ1) is 40.6. The summed E-state index contributed by atoms with van der Waals surface area (Å²) in [6.07, 6.45) is 43.1. The third kappa shape index (κ3) is 57.8.